The molecule has 1 fully saturated rings. The lowest BCUT2D eigenvalue weighted by Gasteiger charge is -2.23. The molecule has 2 rings (SSSR count). The van der Waals surface area contributed by atoms with Crippen LogP contribution in [0, 0.1) is 11.8 Å². The molecule has 0 heterocycles. The van der Waals surface area contributed by atoms with E-state index in [1.54, 1.807) is 0 Å². The van der Waals surface area contributed by atoms with Crippen LogP contribution in [0.5, 0.6) is 0 Å². The van der Waals surface area contributed by atoms with Gasteiger partial charge in [0.1, 0.15) is 0 Å². The van der Waals surface area contributed by atoms with Crippen molar-refractivity contribution in [3.63, 3.8) is 0 Å². The highest BCUT2D eigenvalue weighted by Crippen LogP contribution is 2.38. The Morgan fingerprint density at radius 3 is 2.53 bits per heavy atom. The summed E-state index contributed by atoms with van der Waals surface area (Å²) in [5, 5.41) is 0. The summed E-state index contributed by atoms with van der Waals surface area (Å²) in [6, 6.07) is 10.8. The van der Waals surface area contributed by atoms with Gasteiger partial charge in [0, 0.05) is 19.0 Å². The lowest BCUT2D eigenvalue weighted by molar-refractivity contribution is 0.301. The molecule has 1 aromatic carbocycles. The fourth-order valence-corrected chi connectivity index (χ4v) is 2.82. The fraction of sp³-hybridized carbons (Fsp3) is 0.600. The van der Waals surface area contributed by atoms with Crippen molar-refractivity contribution in [2.75, 3.05) is 25.9 Å². The van der Waals surface area contributed by atoms with Crippen molar-refractivity contribution in [2.24, 2.45) is 11.8 Å². The highest BCUT2D eigenvalue weighted by Gasteiger charge is 2.33. The van der Waals surface area contributed by atoms with Gasteiger partial charge < -0.3 is 4.90 Å². The van der Waals surface area contributed by atoms with Gasteiger partial charge in [-0.3, -0.25) is 0 Å². The Morgan fingerprint density at radius 1 is 1.35 bits per heavy atom. The van der Waals surface area contributed by atoms with E-state index < -0.39 is 0 Å². The van der Waals surface area contributed by atoms with E-state index in [0.29, 0.717) is 5.92 Å². The van der Waals surface area contributed by atoms with Gasteiger partial charge in [-0.25, -0.2) is 0 Å². The first kappa shape index (κ1) is 13.0. The molecule has 1 nitrogen and oxygen atoms in total. The summed E-state index contributed by atoms with van der Waals surface area (Å²) < 4.78 is 0. The van der Waals surface area contributed by atoms with Crippen molar-refractivity contribution in [2.45, 2.75) is 19.3 Å². The Balaban J connectivity index is 1.86. The Kier molecular flexibility index (Phi) is 4.52. The van der Waals surface area contributed by atoms with E-state index in [1.165, 1.54) is 18.5 Å². The fourth-order valence-electron chi connectivity index (χ4n) is 2.50. The summed E-state index contributed by atoms with van der Waals surface area (Å²) in [6.45, 7) is 4.72. The first-order valence-corrected chi connectivity index (χ1v) is 7.18. The molecule has 3 unspecified atom stereocenters. The van der Waals surface area contributed by atoms with Crippen LogP contribution in [0.15, 0.2) is 30.3 Å². The van der Waals surface area contributed by atoms with Gasteiger partial charge in [-0.1, -0.05) is 37.3 Å². The number of hydrogen-bond acceptors (Lipinski definition) is 2. The quantitative estimate of drug-likeness (QED) is 0.757. The maximum Gasteiger partial charge on any atom is 0.00552 e. The molecule has 1 saturated carbocycles. The Bertz CT molecular complexity index is 338. The van der Waals surface area contributed by atoms with Crippen LogP contribution in [0.25, 0.3) is 0 Å². The first-order chi connectivity index (χ1) is 8.20. The third kappa shape index (κ3) is 3.75. The molecule has 0 aliphatic heterocycles. The average Bonchev–Trinajstić information content (AvgIpc) is 3.03. The van der Waals surface area contributed by atoms with Gasteiger partial charge in [0.15, 0.2) is 0 Å². The van der Waals surface area contributed by atoms with E-state index >= 15 is 0 Å². The number of rotatable bonds is 6. The lowest BCUT2D eigenvalue weighted by atomic mass is 10.0. The normalized spacial score (nSPS) is 24.9. The maximum atomic E-state index is 4.50. The van der Waals surface area contributed by atoms with Crippen molar-refractivity contribution in [3.05, 3.63) is 35.9 Å². The topological polar surface area (TPSA) is 3.24 Å². The van der Waals surface area contributed by atoms with Crippen LogP contribution >= 0.6 is 12.6 Å². The monoisotopic (exact) mass is 249 g/mol. The third-order valence-corrected chi connectivity index (χ3v) is 4.29. The molecule has 1 aliphatic rings. The summed E-state index contributed by atoms with van der Waals surface area (Å²) >= 11 is 4.50. The summed E-state index contributed by atoms with van der Waals surface area (Å²) in [6.07, 6.45) is 1.42. The van der Waals surface area contributed by atoms with E-state index in [9.17, 15) is 0 Å². The van der Waals surface area contributed by atoms with E-state index in [0.717, 1.165) is 24.1 Å². The van der Waals surface area contributed by atoms with Crippen molar-refractivity contribution in [1.29, 1.82) is 0 Å². The second-order valence-corrected chi connectivity index (χ2v) is 5.85. The van der Waals surface area contributed by atoms with Gasteiger partial charge in [-0.05, 0) is 36.6 Å². The molecule has 94 valence electrons. The van der Waals surface area contributed by atoms with Gasteiger partial charge in [0.2, 0.25) is 0 Å². The minimum absolute atomic E-state index is 0.554. The predicted molar refractivity (Wildman–Crippen MR) is 77.8 cm³/mol. The highest BCUT2D eigenvalue weighted by molar-refractivity contribution is 7.80. The SMILES string of the molecule is CC1CC1CN(C)CC(CS)c1ccccc1. The molecule has 3 atom stereocenters. The third-order valence-electron chi connectivity index (χ3n) is 3.85. The zero-order chi connectivity index (χ0) is 12.3. The molecule has 0 N–H and O–H groups in total. The van der Waals surface area contributed by atoms with Gasteiger partial charge in [-0.2, -0.15) is 12.6 Å². The summed E-state index contributed by atoms with van der Waals surface area (Å²) in [5.74, 6) is 3.37. The number of nitrogens with zero attached hydrogens (tertiary/aromatic N) is 1. The van der Waals surface area contributed by atoms with Crippen LogP contribution < -0.4 is 0 Å². The Morgan fingerprint density at radius 2 is 2.00 bits per heavy atom. The van der Waals surface area contributed by atoms with E-state index in [4.69, 9.17) is 0 Å². The van der Waals surface area contributed by atoms with Crippen molar-refractivity contribution < 1.29 is 0 Å². The average molecular weight is 249 g/mol. The second kappa shape index (κ2) is 5.92. The molecule has 0 amide bonds. The maximum absolute atomic E-state index is 4.50. The van der Waals surface area contributed by atoms with Crippen LogP contribution in [0.4, 0.5) is 0 Å². The highest BCUT2D eigenvalue weighted by atomic mass is 32.1. The molecular weight excluding hydrogens is 226 g/mol. The van der Waals surface area contributed by atoms with Gasteiger partial charge in [-0.15, -0.1) is 0 Å². The van der Waals surface area contributed by atoms with Crippen molar-refractivity contribution in [3.8, 4) is 0 Å². The first-order valence-electron chi connectivity index (χ1n) is 6.55. The molecule has 0 bridgehead atoms. The molecule has 2 heteroatoms. The summed E-state index contributed by atoms with van der Waals surface area (Å²) in [7, 11) is 2.24. The minimum Gasteiger partial charge on any atom is -0.305 e. The summed E-state index contributed by atoms with van der Waals surface area (Å²) in [4.78, 5) is 2.47. The molecular formula is C15H23NS. The molecule has 0 spiro atoms. The standard InChI is InChI=1S/C15H23NS/c1-12-8-14(12)9-16(2)10-15(11-17)13-6-4-3-5-7-13/h3-7,12,14-15,17H,8-11H2,1-2H3. The van der Waals surface area contributed by atoms with Crippen LogP contribution in [0.2, 0.25) is 0 Å². The largest absolute Gasteiger partial charge is 0.305 e. The van der Waals surface area contributed by atoms with Crippen LogP contribution in [-0.4, -0.2) is 30.8 Å². The molecule has 0 aromatic heterocycles. The second-order valence-electron chi connectivity index (χ2n) is 5.48. The van der Waals surface area contributed by atoms with E-state index in [1.807, 2.05) is 0 Å². The van der Waals surface area contributed by atoms with Gasteiger partial charge in [0.25, 0.3) is 0 Å². The van der Waals surface area contributed by atoms with Crippen LogP contribution in [0.3, 0.4) is 0 Å². The smallest absolute Gasteiger partial charge is 0.00552 e. The predicted octanol–water partition coefficient (Wildman–Crippen LogP) is 3.29. The number of thiol groups is 1. The molecule has 1 aliphatic carbocycles. The van der Waals surface area contributed by atoms with E-state index in [2.05, 4.69) is 61.8 Å². The number of likely N-dealkylation sites (N-methyl/N-ethyl adjacent to an activating group) is 1. The Hall–Kier alpha value is -0.470. The minimum atomic E-state index is 0.554. The number of benzene rings is 1. The zero-order valence-corrected chi connectivity index (χ0v) is 11.7. The Labute approximate surface area is 111 Å². The van der Waals surface area contributed by atoms with Crippen molar-refractivity contribution >= 4 is 12.6 Å². The summed E-state index contributed by atoms with van der Waals surface area (Å²) in [5.41, 5.74) is 1.41. The van der Waals surface area contributed by atoms with Crippen LogP contribution in [0.1, 0.15) is 24.8 Å². The molecule has 17 heavy (non-hydrogen) atoms. The van der Waals surface area contributed by atoms with Gasteiger partial charge in [0.05, 0.1) is 0 Å². The van der Waals surface area contributed by atoms with E-state index in [-0.39, 0.29) is 0 Å². The van der Waals surface area contributed by atoms with Gasteiger partial charge >= 0.3 is 0 Å². The lowest BCUT2D eigenvalue weighted by Crippen LogP contribution is -2.27. The van der Waals surface area contributed by atoms with Crippen LogP contribution in [-0.2, 0) is 0 Å². The molecule has 1 aromatic rings. The number of hydrogen-bond donors (Lipinski definition) is 1. The molecule has 0 radical (unpaired) electrons. The molecule has 0 saturated heterocycles. The zero-order valence-electron chi connectivity index (χ0n) is 10.8. The van der Waals surface area contributed by atoms with Crippen molar-refractivity contribution in [1.82, 2.24) is 4.90 Å².